The second-order valence-corrected chi connectivity index (χ2v) is 2.63. The molecule has 0 unspecified atom stereocenters. The molecule has 0 bridgehead atoms. The highest BCUT2D eigenvalue weighted by Crippen LogP contribution is 2.22. The molecule has 0 saturated heterocycles. The molecular weight excluding hydrogens is 260 g/mol. The Balaban J connectivity index is 4.85. The van der Waals surface area contributed by atoms with Crippen LogP contribution in [0, 0.1) is 20.2 Å². The fraction of sp³-hybridized carbons (Fsp3) is 1.00. The van der Waals surface area contributed by atoms with Crippen molar-refractivity contribution in [1.82, 2.24) is 21.5 Å². The van der Waals surface area contributed by atoms with Crippen molar-refractivity contribution in [3.63, 3.8) is 0 Å². The van der Waals surface area contributed by atoms with E-state index in [0.717, 1.165) is 10.9 Å². The molecule has 10 nitrogen and oxygen atoms in total. The molecule has 0 aromatic carbocycles. The first-order chi connectivity index (χ1) is 7.72. The molecule has 100 valence electrons. The van der Waals surface area contributed by atoms with Gasteiger partial charge in [-0.05, 0) is 0 Å². The van der Waals surface area contributed by atoms with Gasteiger partial charge in [0.05, 0.1) is 10.7 Å². The highest BCUT2D eigenvalue weighted by atomic mass is 19.4. The summed E-state index contributed by atoms with van der Waals surface area (Å²) in [5.41, 5.74) is -1.36. The third-order valence-electron chi connectivity index (χ3n) is 1.61. The minimum atomic E-state index is -3.54. The Bertz CT molecular complexity index is 260. The van der Waals surface area contributed by atoms with Gasteiger partial charge >= 0.3 is 0 Å². The lowest BCUT2D eigenvalue weighted by Gasteiger charge is -2.29. The summed E-state index contributed by atoms with van der Waals surface area (Å²) in [5, 5.41) is 12.9. The van der Waals surface area contributed by atoms with E-state index in [1.807, 2.05) is 0 Å². The number of halogens is 4. The molecule has 0 amide bonds. The molecule has 14 heteroatoms. The number of hydrogen-bond acceptors (Lipinski definition) is 6. The molecule has 0 aliphatic heterocycles. The van der Waals surface area contributed by atoms with Crippen LogP contribution in [0.4, 0.5) is 17.9 Å². The van der Waals surface area contributed by atoms with Crippen molar-refractivity contribution in [1.29, 1.82) is 0 Å². The Labute approximate surface area is 89.7 Å². The van der Waals surface area contributed by atoms with Gasteiger partial charge in [-0.3, -0.25) is 0 Å². The highest BCUT2D eigenvalue weighted by Gasteiger charge is 2.50. The number of rotatable bonds is 8. The molecule has 0 heterocycles. The van der Waals surface area contributed by atoms with E-state index in [1.165, 1.54) is 0 Å². The van der Waals surface area contributed by atoms with Crippen LogP contribution in [0.25, 0.3) is 0 Å². The lowest BCUT2D eigenvalue weighted by atomic mass is 10.2. The minimum absolute atomic E-state index is 1.09. The van der Waals surface area contributed by atoms with Crippen molar-refractivity contribution in [2.45, 2.75) is 5.66 Å². The van der Waals surface area contributed by atoms with Gasteiger partial charge in [0.1, 0.15) is 13.1 Å². The zero-order chi connectivity index (χ0) is 13.6. The van der Waals surface area contributed by atoms with Gasteiger partial charge in [0.25, 0.3) is 0 Å². The molecule has 0 aromatic heterocycles. The summed E-state index contributed by atoms with van der Waals surface area (Å²) < 4.78 is 49.2. The molecule has 0 rings (SSSR count). The second-order valence-electron chi connectivity index (χ2n) is 2.63. The number of nitro groups is 2. The van der Waals surface area contributed by atoms with Gasteiger partial charge < -0.3 is 0 Å². The zero-order valence-corrected chi connectivity index (χ0v) is 7.85. The third kappa shape index (κ3) is 4.19. The first-order valence-electron chi connectivity index (χ1n) is 3.72. The van der Waals surface area contributed by atoms with Crippen LogP contribution in [0.2, 0.25) is 0 Å². The van der Waals surface area contributed by atoms with Gasteiger partial charge in [-0.25, -0.2) is 20.2 Å². The van der Waals surface area contributed by atoms with Gasteiger partial charge in [-0.15, -0.1) is 10.9 Å². The molecular formula is C3H6F4N6O4. The average molecular weight is 266 g/mol. The summed E-state index contributed by atoms with van der Waals surface area (Å²) >= 11 is 0. The Morgan fingerprint density at radius 3 is 1.41 bits per heavy atom. The van der Waals surface area contributed by atoms with E-state index < -0.39 is 39.5 Å². The van der Waals surface area contributed by atoms with E-state index in [9.17, 15) is 38.2 Å². The van der Waals surface area contributed by atoms with Crippen molar-refractivity contribution in [3.8, 4) is 0 Å². The third-order valence-corrected chi connectivity index (χ3v) is 1.61. The molecule has 0 saturated carbocycles. The molecule has 0 aliphatic carbocycles. The van der Waals surface area contributed by atoms with E-state index >= 15 is 0 Å². The van der Waals surface area contributed by atoms with Crippen LogP contribution in [0.5, 0.6) is 0 Å². The number of nitrogens with zero attached hydrogens (tertiary/aromatic N) is 4. The first-order valence-corrected chi connectivity index (χ1v) is 3.72. The molecule has 0 aromatic rings. The lowest BCUT2D eigenvalue weighted by Crippen LogP contribution is -2.62. The predicted octanol–water partition coefficient (Wildman–Crippen LogP) is -0.613. The molecule has 0 aliphatic rings. The predicted molar refractivity (Wildman–Crippen MR) is 40.8 cm³/mol. The van der Waals surface area contributed by atoms with Crippen LogP contribution in [0.1, 0.15) is 0 Å². The summed E-state index contributed by atoms with van der Waals surface area (Å²) in [7, 11) is 0. The second kappa shape index (κ2) is 5.94. The van der Waals surface area contributed by atoms with Crippen molar-refractivity contribution >= 4 is 0 Å². The Morgan fingerprint density at radius 1 is 0.941 bits per heavy atom. The van der Waals surface area contributed by atoms with Crippen LogP contribution in [0.3, 0.4) is 0 Å². The van der Waals surface area contributed by atoms with E-state index in [4.69, 9.17) is 0 Å². The summed E-state index contributed by atoms with van der Waals surface area (Å²) in [6.07, 6.45) is 0. The van der Waals surface area contributed by atoms with Crippen molar-refractivity contribution in [3.05, 3.63) is 20.2 Å². The maximum absolute atomic E-state index is 12.3. The zero-order valence-electron chi connectivity index (χ0n) is 7.85. The lowest BCUT2D eigenvalue weighted by molar-refractivity contribution is -0.563. The van der Waals surface area contributed by atoms with E-state index in [0.29, 0.717) is 0 Å². The summed E-state index contributed by atoms with van der Waals surface area (Å²) in [6, 6.07) is 0. The number of hydrazine groups is 2. The van der Waals surface area contributed by atoms with Gasteiger partial charge in [0, 0.05) is 0 Å². The van der Waals surface area contributed by atoms with E-state index in [2.05, 4.69) is 0 Å². The average Bonchev–Trinajstić information content (AvgIpc) is 2.16. The fourth-order valence-corrected chi connectivity index (χ4v) is 0.741. The van der Waals surface area contributed by atoms with Crippen molar-refractivity contribution in [2.24, 2.45) is 0 Å². The van der Waals surface area contributed by atoms with Gasteiger partial charge in [-0.1, -0.05) is 17.9 Å². The summed E-state index contributed by atoms with van der Waals surface area (Å²) in [4.78, 5) is 19.7. The number of nitrogens with one attached hydrogen (secondary N) is 2. The van der Waals surface area contributed by atoms with Crippen LogP contribution < -0.4 is 10.9 Å². The Morgan fingerprint density at radius 2 is 1.24 bits per heavy atom. The molecule has 2 N–H and O–H groups in total. The molecule has 0 radical (unpaired) electrons. The molecule has 0 fully saturated rings. The van der Waals surface area contributed by atoms with E-state index in [-0.39, 0.29) is 0 Å². The maximum Gasteiger partial charge on any atom is 0.241 e. The topological polar surface area (TPSA) is 117 Å². The standard InChI is InChI=1S/C3H6F4N6O4/c4-10(5)3(11(6)7,1-8-12(14)15)2-9-13(16)17/h8-9H,1-2H2. The van der Waals surface area contributed by atoms with Crippen LogP contribution in [-0.2, 0) is 0 Å². The fourth-order valence-electron chi connectivity index (χ4n) is 0.741. The Kier molecular flexibility index (Phi) is 5.26. The quantitative estimate of drug-likeness (QED) is 0.196. The van der Waals surface area contributed by atoms with E-state index in [1.54, 1.807) is 0 Å². The van der Waals surface area contributed by atoms with Crippen LogP contribution >= 0.6 is 0 Å². The van der Waals surface area contributed by atoms with Crippen LogP contribution in [0.15, 0.2) is 0 Å². The molecule has 0 atom stereocenters. The van der Waals surface area contributed by atoms with Crippen molar-refractivity contribution < 1.29 is 28.0 Å². The van der Waals surface area contributed by atoms with Crippen molar-refractivity contribution in [2.75, 3.05) is 13.1 Å². The van der Waals surface area contributed by atoms with Crippen LogP contribution in [-0.4, -0.2) is 39.5 Å². The summed E-state index contributed by atoms with van der Waals surface area (Å²) in [6.45, 7) is -3.11. The largest absolute Gasteiger partial charge is 0.241 e. The number of hydrogen-bond donors (Lipinski definition) is 2. The summed E-state index contributed by atoms with van der Waals surface area (Å²) in [5.74, 6) is 0. The molecule has 0 spiro atoms. The monoisotopic (exact) mass is 266 g/mol. The SMILES string of the molecule is O=[N+]([O-])NCC(CN[N+](=O)[O-])(N(F)F)N(F)F. The first kappa shape index (κ1) is 15.0. The van der Waals surface area contributed by atoms with Gasteiger partial charge in [0.2, 0.25) is 5.66 Å². The Hall–Kier alpha value is -1.96. The minimum Gasteiger partial charge on any atom is -0.235 e. The normalized spacial score (nSPS) is 11.6. The maximum atomic E-state index is 12.3. The van der Waals surface area contributed by atoms with Gasteiger partial charge in [-0.2, -0.15) is 0 Å². The highest BCUT2D eigenvalue weighted by molar-refractivity contribution is 4.80. The van der Waals surface area contributed by atoms with Gasteiger partial charge in [0.15, 0.2) is 10.1 Å². The smallest absolute Gasteiger partial charge is 0.235 e. The molecule has 17 heavy (non-hydrogen) atoms.